The van der Waals surface area contributed by atoms with Crippen molar-refractivity contribution in [2.24, 2.45) is 0 Å². The number of hydrogen-bond donors (Lipinski definition) is 12. The van der Waals surface area contributed by atoms with E-state index in [2.05, 4.69) is 43.5 Å². The van der Waals surface area contributed by atoms with Gasteiger partial charge in [-0.2, -0.15) is 0 Å². The Hall–Kier alpha value is -1.99. The summed E-state index contributed by atoms with van der Waals surface area (Å²) in [7, 11) is 0. The van der Waals surface area contributed by atoms with Gasteiger partial charge in [-0.25, -0.2) is 0 Å². The van der Waals surface area contributed by atoms with Crippen molar-refractivity contribution in [2.75, 3.05) is 26.4 Å². The lowest BCUT2D eigenvalue weighted by Crippen LogP contribution is -2.66. The molecule has 19 heteroatoms. The Labute approximate surface area is 542 Å². The maximum Gasteiger partial charge on any atom is 0.220 e. The average molecular weight is 1290 g/mol. The molecule has 19 nitrogen and oxygen atoms in total. The first-order valence-corrected chi connectivity index (χ1v) is 36.2. The van der Waals surface area contributed by atoms with Crippen LogP contribution in [0, 0.1) is 0 Å². The van der Waals surface area contributed by atoms with Crippen LogP contribution in [0.25, 0.3) is 0 Å². The number of aliphatic hydroxyl groups is 11. The van der Waals surface area contributed by atoms with E-state index in [4.69, 9.17) is 28.4 Å². The average Bonchev–Trinajstić information content (AvgIpc) is 1.06. The van der Waals surface area contributed by atoms with Gasteiger partial charge in [-0.3, -0.25) is 4.79 Å². The lowest BCUT2D eigenvalue weighted by atomic mass is 9.96. The number of aliphatic hydroxyl groups excluding tert-OH is 11. The van der Waals surface area contributed by atoms with Crippen LogP contribution >= 0.6 is 0 Å². The first-order chi connectivity index (χ1) is 43.8. The summed E-state index contributed by atoms with van der Waals surface area (Å²) >= 11 is 0. The number of amides is 1. The van der Waals surface area contributed by atoms with E-state index in [1.165, 1.54) is 199 Å². The van der Waals surface area contributed by atoms with Gasteiger partial charge in [0.15, 0.2) is 18.9 Å². The molecular weight excluding hydrogens is 1150 g/mol. The van der Waals surface area contributed by atoms with Crippen LogP contribution in [0.2, 0.25) is 0 Å². The minimum Gasteiger partial charge on any atom is -0.394 e. The zero-order chi connectivity index (χ0) is 65.4. The highest BCUT2D eigenvalue weighted by atomic mass is 16.8. The molecule has 0 aromatic heterocycles. The van der Waals surface area contributed by atoms with Crippen LogP contribution in [0.15, 0.2) is 36.5 Å². The third-order valence-electron chi connectivity index (χ3n) is 18.2. The Morgan fingerprint density at radius 1 is 0.389 bits per heavy atom. The highest BCUT2D eigenvalue weighted by Crippen LogP contribution is 2.33. The zero-order valence-corrected chi connectivity index (χ0v) is 55.9. The minimum absolute atomic E-state index is 0.236. The molecular formula is C71H131NO18. The number of hydrogen-bond acceptors (Lipinski definition) is 18. The van der Waals surface area contributed by atoms with Crippen molar-refractivity contribution >= 4 is 5.91 Å². The Balaban J connectivity index is 1.38. The second-order valence-electron chi connectivity index (χ2n) is 26.0. The van der Waals surface area contributed by atoms with Gasteiger partial charge in [0.1, 0.15) is 73.2 Å². The molecule has 12 N–H and O–H groups in total. The number of rotatable bonds is 56. The lowest BCUT2D eigenvalue weighted by molar-refractivity contribution is -0.379. The fourth-order valence-electron chi connectivity index (χ4n) is 12.3. The zero-order valence-electron chi connectivity index (χ0n) is 55.9. The first-order valence-electron chi connectivity index (χ1n) is 36.2. The van der Waals surface area contributed by atoms with Gasteiger partial charge in [0, 0.05) is 6.42 Å². The number of carbonyl (C=O) groups excluding carboxylic acids is 1. The van der Waals surface area contributed by atoms with Gasteiger partial charge >= 0.3 is 0 Å². The molecule has 90 heavy (non-hydrogen) atoms. The van der Waals surface area contributed by atoms with E-state index in [0.717, 1.165) is 44.9 Å². The number of nitrogens with one attached hydrogen (secondary N) is 1. The Kier molecular flexibility index (Phi) is 48.6. The molecule has 3 aliphatic rings. The Bertz CT molecular complexity index is 1780. The van der Waals surface area contributed by atoms with Crippen LogP contribution in [0.5, 0.6) is 0 Å². The van der Waals surface area contributed by atoms with Crippen LogP contribution in [0.4, 0.5) is 0 Å². The number of ether oxygens (including phenoxy) is 6. The minimum atomic E-state index is -1.98. The third-order valence-corrected chi connectivity index (χ3v) is 18.2. The molecule has 0 bridgehead atoms. The van der Waals surface area contributed by atoms with Crippen LogP contribution in [0.1, 0.15) is 277 Å². The third kappa shape index (κ3) is 34.6. The lowest BCUT2D eigenvalue weighted by Gasteiger charge is -2.48. The van der Waals surface area contributed by atoms with Crippen LogP contribution in [-0.2, 0) is 33.2 Å². The molecule has 0 radical (unpaired) electrons. The molecule has 0 aromatic carbocycles. The predicted octanol–water partition coefficient (Wildman–Crippen LogP) is 10.00. The summed E-state index contributed by atoms with van der Waals surface area (Å²) in [5, 5.41) is 120. The van der Waals surface area contributed by atoms with Crippen molar-refractivity contribution in [2.45, 2.75) is 381 Å². The van der Waals surface area contributed by atoms with Gasteiger partial charge in [-0.05, 0) is 44.9 Å². The van der Waals surface area contributed by atoms with Gasteiger partial charge < -0.3 is 89.9 Å². The second kappa shape index (κ2) is 53.2. The van der Waals surface area contributed by atoms with Crippen LogP contribution < -0.4 is 5.32 Å². The number of carbonyl (C=O) groups is 1. The van der Waals surface area contributed by atoms with Crippen LogP contribution in [-0.4, -0.2) is 193 Å². The maximum absolute atomic E-state index is 13.4. The normalized spacial score (nSPS) is 28.2. The standard InChI is InChI=1S/C71H131NO18/c1-3-5-7-9-11-13-15-17-19-20-21-22-23-24-25-26-27-28-29-30-31-32-33-35-37-39-41-43-45-47-49-59(77)72-54(55(76)48-46-44-42-40-38-36-34-18-16-14-12-10-8-6-4-2)53-85-69-65(83)62(80)67(57(51-74)87-69)90-71-66(84)63(81)68(58(52-75)88-71)89-70-64(82)61(79)60(78)56(50-73)86-70/h16,18,38,40,46,48,54-58,60-71,73-76,78-84H,3-15,17,19-37,39,41-45,47,49-53H2,1-2H3,(H,72,77)/b18-16+,40-38+,48-46+. The molecule has 17 atom stereocenters. The van der Waals surface area contributed by atoms with Gasteiger partial charge in [0.05, 0.1) is 38.6 Å². The number of allylic oxidation sites excluding steroid dienone is 5. The van der Waals surface area contributed by atoms with E-state index in [1.54, 1.807) is 6.08 Å². The fraction of sp³-hybridized carbons (Fsp3) is 0.901. The SMILES string of the molecule is CCCCCCC/C=C/CC/C=C/CC/C=C/C(O)C(COC1OC(CO)C(OC2OC(CO)C(OC3OC(CO)C(O)C(O)C3O)C(O)C2O)C(O)C1O)NC(=O)CCCCCCCCCCCCCCCCCCCCCCCCCCCCCCCC. The molecule has 3 rings (SSSR count). The smallest absolute Gasteiger partial charge is 0.220 e. The summed E-state index contributed by atoms with van der Waals surface area (Å²) in [5.74, 6) is -0.285. The molecule has 0 spiro atoms. The summed E-state index contributed by atoms with van der Waals surface area (Å²) in [6, 6.07) is -0.994. The van der Waals surface area contributed by atoms with E-state index in [-0.39, 0.29) is 18.9 Å². The molecule has 3 saturated heterocycles. The summed E-state index contributed by atoms with van der Waals surface area (Å²) in [6.07, 6.45) is 35.8. The summed E-state index contributed by atoms with van der Waals surface area (Å²) < 4.78 is 34.3. The molecule has 1 amide bonds. The van der Waals surface area contributed by atoms with Crippen molar-refractivity contribution < 1.29 is 89.4 Å². The second-order valence-corrected chi connectivity index (χ2v) is 26.0. The number of unbranched alkanes of at least 4 members (excludes halogenated alkanes) is 36. The topological polar surface area (TPSA) is 307 Å². The van der Waals surface area contributed by atoms with E-state index < -0.39 is 124 Å². The quantitative estimate of drug-likeness (QED) is 0.0199. The van der Waals surface area contributed by atoms with Gasteiger partial charge in [0.2, 0.25) is 5.91 Å². The first kappa shape index (κ1) is 82.2. The molecule has 3 fully saturated rings. The van der Waals surface area contributed by atoms with Crippen molar-refractivity contribution in [1.29, 1.82) is 0 Å². The summed E-state index contributed by atoms with van der Waals surface area (Å²) in [4.78, 5) is 13.4. The van der Waals surface area contributed by atoms with Gasteiger partial charge in [-0.15, -0.1) is 0 Å². The molecule has 3 aliphatic heterocycles. The Morgan fingerprint density at radius 3 is 1.11 bits per heavy atom. The highest BCUT2D eigenvalue weighted by molar-refractivity contribution is 5.76. The molecule has 3 heterocycles. The fourth-order valence-corrected chi connectivity index (χ4v) is 12.3. The van der Waals surface area contributed by atoms with Crippen molar-refractivity contribution in [1.82, 2.24) is 5.32 Å². The molecule has 0 aromatic rings. The summed E-state index contributed by atoms with van der Waals surface area (Å²) in [6.45, 7) is 1.71. The van der Waals surface area contributed by atoms with E-state index >= 15 is 0 Å². The van der Waals surface area contributed by atoms with E-state index in [9.17, 15) is 61.0 Å². The highest BCUT2D eigenvalue weighted by Gasteiger charge is 2.53. The molecule has 0 saturated carbocycles. The van der Waals surface area contributed by atoms with E-state index in [1.807, 2.05) is 6.08 Å². The predicted molar refractivity (Wildman–Crippen MR) is 351 cm³/mol. The molecule has 17 unspecified atom stereocenters. The van der Waals surface area contributed by atoms with Gasteiger partial charge in [0.25, 0.3) is 0 Å². The Morgan fingerprint density at radius 2 is 0.711 bits per heavy atom. The molecule has 0 aliphatic carbocycles. The monoisotopic (exact) mass is 1290 g/mol. The summed E-state index contributed by atoms with van der Waals surface area (Å²) in [5.41, 5.74) is 0. The van der Waals surface area contributed by atoms with Crippen molar-refractivity contribution in [3.8, 4) is 0 Å². The van der Waals surface area contributed by atoms with Crippen molar-refractivity contribution in [3.63, 3.8) is 0 Å². The maximum atomic E-state index is 13.4. The molecule has 528 valence electrons. The van der Waals surface area contributed by atoms with Crippen molar-refractivity contribution in [3.05, 3.63) is 36.5 Å². The van der Waals surface area contributed by atoms with Gasteiger partial charge in [-0.1, -0.05) is 262 Å². The largest absolute Gasteiger partial charge is 0.394 e. The van der Waals surface area contributed by atoms with E-state index in [0.29, 0.717) is 12.8 Å². The van der Waals surface area contributed by atoms with Crippen LogP contribution in [0.3, 0.4) is 0 Å².